The van der Waals surface area contributed by atoms with E-state index in [1.165, 1.54) is 19.8 Å². The molecule has 182 valence electrons. The number of hydrogen-bond acceptors (Lipinski definition) is 4. The number of carbonyl (C=O) groups excluding carboxylic acids is 2. The smallest absolute Gasteiger partial charge is 0.240 e. The molecule has 33 heavy (non-hydrogen) atoms. The molecule has 1 aromatic carbocycles. The Labute approximate surface area is 198 Å². The summed E-state index contributed by atoms with van der Waals surface area (Å²) in [5, 5.41) is 0. The Morgan fingerprint density at radius 3 is 2.33 bits per heavy atom. The van der Waals surface area contributed by atoms with Crippen LogP contribution >= 0.6 is 0 Å². The van der Waals surface area contributed by atoms with Crippen LogP contribution < -0.4 is 9.62 Å². The number of nitrogens with zero attached hydrogens (tertiary/aromatic N) is 2. The van der Waals surface area contributed by atoms with Crippen molar-refractivity contribution in [1.82, 2.24) is 9.62 Å². The second kappa shape index (κ2) is 10.1. The average Bonchev–Trinajstić information content (AvgIpc) is 2.94. The fourth-order valence-electron chi connectivity index (χ4n) is 5.73. The van der Waals surface area contributed by atoms with Gasteiger partial charge in [-0.15, -0.1) is 0 Å². The summed E-state index contributed by atoms with van der Waals surface area (Å²) in [5.74, 6) is 0.636. The van der Waals surface area contributed by atoms with E-state index in [-0.39, 0.29) is 28.7 Å². The summed E-state index contributed by atoms with van der Waals surface area (Å²) >= 11 is 0. The zero-order valence-corrected chi connectivity index (χ0v) is 20.7. The monoisotopic (exact) mass is 475 g/mol. The number of rotatable bonds is 5. The summed E-state index contributed by atoms with van der Waals surface area (Å²) in [6.07, 6.45) is 8.76. The number of benzene rings is 1. The van der Waals surface area contributed by atoms with E-state index >= 15 is 0 Å². The molecule has 1 saturated heterocycles. The molecule has 0 aromatic heterocycles. The Hall–Kier alpha value is -1.93. The minimum absolute atomic E-state index is 0.0279. The SMILES string of the molecule is CC(=O)N1c2ccc(S(=O)(=O)NCC3CCC(C(=O)N4CCCCCC4)CC3)cc2C[C@H]1C. The van der Waals surface area contributed by atoms with Crippen molar-refractivity contribution >= 4 is 27.5 Å². The molecular formula is C25H37N3O4S. The fourth-order valence-corrected chi connectivity index (χ4v) is 6.89. The van der Waals surface area contributed by atoms with E-state index in [1.807, 2.05) is 6.92 Å². The molecule has 2 heterocycles. The van der Waals surface area contributed by atoms with Crippen molar-refractivity contribution < 1.29 is 18.0 Å². The number of anilines is 1. The molecule has 2 fully saturated rings. The maximum absolute atomic E-state index is 12.9. The molecule has 1 atom stereocenters. The largest absolute Gasteiger partial charge is 0.342 e. The van der Waals surface area contributed by atoms with E-state index in [4.69, 9.17) is 0 Å². The molecule has 4 rings (SSSR count). The highest BCUT2D eigenvalue weighted by Gasteiger charge is 2.32. The average molecular weight is 476 g/mol. The van der Waals surface area contributed by atoms with Gasteiger partial charge in [-0.1, -0.05) is 12.8 Å². The lowest BCUT2D eigenvalue weighted by molar-refractivity contribution is -0.136. The number of amides is 2. The molecule has 0 spiro atoms. The predicted molar refractivity (Wildman–Crippen MR) is 128 cm³/mol. The molecule has 1 N–H and O–H groups in total. The van der Waals surface area contributed by atoms with Crippen LogP contribution in [-0.2, 0) is 26.0 Å². The van der Waals surface area contributed by atoms with Crippen LogP contribution in [-0.4, -0.2) is 50.8 Å². The van der Waals surface area contributed by atoms with Crippen molar-refractivity contribution in [3.05, 3.63) is 23.8 Å². The highest BCUT2D eigenvalue weighted by atomic mass is 32.2. The van der Waals surface area contributed by atoms with Gasteiger partial charge in [0.15, 0.2) is 0 Å². The molecule has 1 saturated carbocycles. The van der Waals surface area contributed by atoms with Crippen molar-refractivity contribution in [3.63, 3.8) is 0 Å². The molecule has 0 unspecified atom stereocenters. The summed E-state index contributed by atoms with van der Waals surface area (Å²) < 4.78 is 28.7. The van der Waals surface area contributed by atoms with E-state index in [1.54, 1.807) is 23.1 Å². The van der Waals surface area contributed by atoms with Gasteiger partial charge in [-0.25, -0.2) is 13.1 Å². The number of hydrogen-bond donors (Lipinski definition) is 1. The van der Waals surface area contributed by atoms with Gasteiger partial charge in [0, 0.05) is 44.2 Å². The highest BCUT2D eigenvalue weighted by Crippen LogP contribution is 2.34. The number of nitrogens with one attached hydrogen (secondary N) is 1. The molecular weight excluding hydrogens is 438 g/mol. The van der Waals surface area contributed by atoms with Crippen molar-refractivity contribution in [2.75, 3.05) is 24.5 Å². The van der Waals surface area contributed by atoms with Crippen LogP contribution in [0.25, 0.3) is 0 Å². The molecule has 7 nitrogen and oxygen atoms in total. The molecule has 8 heteroatoms. The highest BCUT2D eigenvalue weighted by molar-refractivity contribution is 7.89. The van der Waals surface area contributed by atoms with Crippen LogP contribution in [0.4, 0.5) is 5.69 Å². The van der Waals surface area contributed by atoms with E-state index in [0.29, 0.717) is 18.9 Å². The third kappa shape index (κ3) is 5.43. The Kier molecular flexibility index (Phi) is 7.43. The van der Waals surface area contributed by atoms with Crippen LogP contribution in [0.5, 0.6) is 0 Å². The van der Waals surface area contributed by atoms with Gasteiger partial charge in [0.1, 0.15) is 0 Å². The predicted octanol–water partition coefficient (Wildman–Crippen LogP) is 3.47. The molecule has 0 radical (unpaired) electrons. The summed E-state index contributed by atoms with van der Waals surface area (Å²) in [7, 11) is -3.62. The van der Waals surface area contributed by atoms with Crippen LogP contribution in [0.15, 0.2) is 23.1 Å². The van der Waals surface area contributed by atoms with Gasteiger partial charge in [-0.2, -0.15) is 0 Å². The van der Waals surface area contributed by atoms with Crippen molar-refractivity contribution in [2.45, 2.75) is 82.6 Å². The lowest BCUT2D eigenvalue weighted by atomic mass is 9.81. The zero-order chi connectivity index (χ0) is 23.6. The lowest BCUT2D eigenvalue weighted by Crippen LogP contribution is -2.39. The third-order valence-corrected chi connectivity index (χ3v) is 9.01. The van der Waals surface area contributed by atoms with Crippen LogP contribution in [0.3, 0.4) is 0 Å². The van der Waals surface area contributed by atoms with Gasteiger partial charge in [0.2, 0.25) is 21.8 Å². The second-order valence-corrected chi connectivity index (χ2v) is 11.8. The first-order valence-electron chi connectivity index (χ1n) is 12.5. The summed E-state index contributed by atoms with van der Waals surface area (Å²) in [6, 6.07) is 5.07. The number of carbonyl (C=O) groups is 2. The van der Waals surface area contributed by atoms with Gasteiger partial charge in [0.25, 0.3) is 0 Å². The summed E-state index contributed by atoms with van der Waals surface area (Å²) in [5.41, 5.74) is 1.70. The Balaban J connectivity index is 1.30. The minimum Gasteiger partial charge on any atom is -0.342 e. The second-order valence-electron chi connectivity index (χ2n) is 10.0. The molecule has 2 amide bonds. The Morgan fingerprint density at radius 2 is 1.70 bits per heavy atom. The van der Waals surface area contributed by atoms with Crippen LogP contribution in [0.1, 0.15) is 70.8 Å². The summed E-state index contributed by atoms with van der Waals surface area (Å²) in [6.45, 7) is 5.69. The van der Waals surface area contributed by atoms with E-state index < -0.39 is 10.0 Å². The molecule has 1 aliphatic carbocycles. The van der Waals surface area contributed by atoms with Gasteiger partial charge in [0.05, 0.1) is 4.90 Å². The maximum Gasteiger partial charge on any atom is 0.240 e. The third-order valence-electron chi connectivity index (χ3n) is 7.59. The topological polar surface area (TPSA) is 86.8 Å². The minimum atomic E-state index is -3.62. The first-order chi connectivity index (χ1) is 15.8. The standard InChI is InChI=1S/C25H37N3O4S/c1-18-15-22-16-23(11-12-24(22)28(18)19(2)29)33(31,32)26-17-20-7-9-21(10-8-20)25(30)27-13-5-3-4-6-14-27/h11-12,16,18,20-21,26H,3-10,13-15,17H2,1-2H3/t18-,20?,21?/m1/s1. The van der Waals surface area contributed by atoms with Crippen LogP contribution in [0, 0.1) is 11.8 Å². The molecule has 2 aliphatic heterocycles. The normalized spacial score (nSPS) is 26.1. The Bertz CT molecular complexity index is 977. The number of sulfonamides is 1. The summed E-state index contributed by atoms with van der Waals surface area (Å²) in [4.78, 5) is 28.8. The van der Waals surface area contributed by atoms with Crippen molar-refractivity contribution in [3.8, 4) is 0 Å². The molecule has 0 bridgehead atoms. The first-order valence-corrected chi connectivity index (χ1v) is 14.0. The van der Waals surface area contributed by atoms with Crippen molar-refractivity contribution in [1.29, 1.82) is 0 Å². The van der Waals surface area contributed by atoms with Gasteiger partial charge >= 0.3 is 0 Å². The lowest BCUT2D eigenvalue weighted by Gasteiger charge is -2.31. The van der Waals surface area contributed by atoms with E-state index in [0.717, 1.165) is 62.9 Å². The van der Waals surface area contributed by atoms with Crippen molar-refractivity contribution in [2.24, 2.45) is 11.8 Å². The van der Waals surface area contributed by atoms with E-state index in [9.17, 15) is 18.0 Å². The fraction of sp³-hybridized carbons (Fsp3) is 0.680. The Morgan fingerprint density at radius 1 is 1.03 bits per heavy atom. The van der Waals surface area contributed by atoms with Gasteiger partial charge in [-0.05, 0) is 81.5 Å². The van der Waals surface area contributed by atoms with E-state index in [2.05, 4.69) is 9.62 Å². The first kappa shape index (κ1) is 24.2. The zero-order valence-electron chi connectivity index (χ0n) is 19.9. The number of fused-ring (bicyclic) bond motifs is 1. The number of likely N-dealkylation sites (tertiary alicyclic amines) is 1. The maximum atomic E-state index is 12.9. The molecule has 1 aromatic rings. The van der Waals surface area contributed by atoms with Crippen LogP contribution in [0.2, 0.25) is 0 Å². The van der Waals surface area contributed by atoms with Gasteiger partial charge in [-0.3, -0.25) is 9.59 Å². The molecule has 3 aliphatic rings. The quantitative estimate of drug-likeness (QED) is 0.706. The van der Waals surface area contributed by atoms with Gasteiger partial charge < -0.3 is 9.80 Å².